The molecule has 2 atom stereocenters. The van der Waals surface area contributed by atoms with Gasteiger partial charge in [0.2, 0.25) is 0 Å². The number of aryl methyl sites for hydroxylation is 1. The molecular formula is C14H19BrN2O2. The molecule has 1 aliphatic rings. The van der Waals surface area contributed by atoms with Gasteiger partial charge in [0.25, 0.3) is 5.91 Å². The van der Waals surface area contributed by atoms with E-state index in [9.17, 15) is 4.79 Å². The summed E-state index contributed by atoms with van der Waals surface area (Å²) in [5.74, 6) is 0.0320. The van der Waals surface area contributed by atoms with Gasteiger partial charge in [0, 0.05) is 23.6 Å². The van der Waals surface area contributed by atoms with E-state index in [0.29, 0.717) is 25.3 Å². The zero-order chi connectivity index (χ0) is 14.0. The van der Waals surface area contributed by atoms with Gasteiger partial charge in [0.05, 0.1) is 18.3 Å². The standard InChI is InChI=1S/C14H19BrN2O2/c1-9-3-4-12(15)11(7-9)14(18)17-5-6-19-13(8-17)10(2)16/h3-4,7,10,13H,5-6,8,16H2,1-2H3. The number of rotatable bonds is 2. The highest BCUT2D eigenvalue weighted by molar-refractivity contribution is 9.10. The minimum atomic E-state index is -0.0821. The van der Waals surface area contributed by atoms with Crippen LogP contribution in [0.3, 0.4) is 0 Å². The van der Waals surface area contributed by atoms with Gasteiger partial charge < -0.3 is 15.4 Å². The van der Waals surface area contributed by atoms with Crippen LogP contribution in [0.1, 0.15) is 22.8 Å². The third-order valence-electron chi connectivity index (χ3n) is 3.32. The predicted octanol–water partition coefficient (Wildman–Crippen LogP) is 1.95. The van der Waals surface area contributed by atoms with Crippen molar-refractivity contribution in [2.24, 2.45) is 5.73 Å². The maximum absolute atomic E-state index is 12.5. The molecule has 0 aromatic heterocycles. The van der Waals surface area contributed by atoms with Crippen molar-refractivity contribution in [3.63, 3.8) is 0 Å². The van der Waals surface area contributed by atoms with Crippen molar-refractivity contribution in [3.05, 3.63) is 33.8 Å². The number of halogens is 1. The van der Waals surface area contributed by atoms with E-state index in [0.717, 1.165) is 10.0 Å². The highest BCUT2D eigenvalue weighted by Gasteiger charge is 2.27. The van der Waals surface area contributed by atoms with Crippen molar-refractivity contribution in [2.75, 3.05) is 19.7 Å². The molecule has 0 aliphatic carbocycles. The first-order chi connectivity index (χ1) is 8.99. The van der Waals surface area contributed by atoms with E-state index >= 15 is 0 Å². The van der Waals surface area contributed by atoms with Crippen molar-refractivity contribution < 1.29 is 9.53 Å². The third-order valence-corrected chi connectivity index (χ3v) is 4.01. The highest BCUT2D eigenvalue weighted by atomic mass is 79.9. The lowest BCUT2D eigenvalue weighted by Crippen LogP contribution is -2.51. The van der Waals surface area contributed by atoms with Crippen LogP contribution < -0.4 is 5.73 Å². The minimum absolute atomic E-state index is 0.0320. The summed E-state index contributed by atoms with van der Waals surface area (Å²) < 4.78 is 6.40. The zero-order valence-corrected chi connectivity index (χ0v) is 12.8. The van der Waals surface area contributed by atoms with Gasteiger partial charge in [-0.15, -0.1) is 0 Å². The average Bonchev–Trinajstić information content (AvgIpc) is 2.41. The first-order valence-corrected chi connectivity index (χ1v) is 7.21. The summed E-state index contributed by atoms with van der Waals surface area (Å²) >= 11 is 3.44. The van der Waals surface area contributed by atoms with Crippen LogP contribution >= 0.6 is 15.9 Å². The fourth-order valence-electron chi connectivity index (χ4n) is 2.15. The van der Waals surface area contributed by atoms with E-state index < -0.39 is 0 Å². The van der Waals surface area contributed by atoms with E-state index in [1.165, 1.54) is 0 Å². The fraction of sp³-hybridized carbons (Fsp3) is 0.500. The molecule has 0 spiro atoms. The molecular weight excluding hydrogens is 308 g/mol. The molecule has 1 aliphatic heterocycles. The van der Waals surface area contributed by atoms with Crippen LogP contribution in [0.5, 0.6) is 0 Å². The van der Waals surface area contributed by atoms with Crippen molar-refractivity contribution in [1.29, 1.82) is 0 Å². The molecule has 0 radical (unpaired) electrons. The number of morpholine rings is 1. The largest absolute Gasteiger partial charge is 0.373 e. The van der Waals surface area contributed by atoms with Gasteiger partial charge >= 0.3 is 0 Å². The van der Waals surface area contributed by atoms with Crippen LogP contribution in [0, 0.1) is 6.92 Å². The van der Waals surface area contributed by atoms with Crippen LogP contribution in [-0.4, -0.2) is 42.6 Å². The molecule has 1 saturated heterocycles. The molecule has 0 bridgehead atoms. The van der Waals surface area contributed by atoms with Gasteiger partial charge in [-0.05, 0) is 41.9 Å². The van der Waals surface area contributed by atoms with Gasteiger partial charge in [0.15, 0.2) is 0 Å². The number of hydrogen-bond donors (Lipinski definition) is 1. The van der Waals surface area contributed by atoms with E-state index in [1.807, 2.05) is 36.9 Å². The Hall–Kier alpha value is -0.910. The van der Waals surface area contributed by atoms with E-state index in [2.05, 4.69) is 15.9 Å². The number of carbonyl (C=O) groups is 1. The maximum Gasteiger partial charge on any atom is 0.255 e. The summed E-state index contributed by atoms with van der Waals surface area (Å²) in [5, 5.41) is 0. The molecule has 4 nitrogen and oxygen atoms in total. The molecule has 1 aromatic carbocycles. The monoisotopic (exact) mass is 326 g/mol. The first-order valence-electron chi connectivity index (χ1n) is 6.41. The lowest BCUT2D eigenvalue weighted by atomic mass is 10.1. The van der Waals surface area contributed by atoms with Gasteiger partial charge in [0.1, 0.15) is 0 Å². The second-order valence-corrected chi connectivity index (χ2v) is 5.86. The minimum Gasteiger partial charge on any atom is -0.373 e. The summed E-state index contributed by atoms with van der Waals surface area (Å²) in [7, 11) is 0. The molecule has 2 N–H and O–H groups in total. The molecule has 1 heterocycles. The Balaban J connectivity index is 2.17. The number of ether oxygens (including phenoxy) is 1. The van der Waals surface area contributed by atoms with E-state index in [4.69, 9.17) is 10.5 Å². The molecule has 1 aromatic rings. The topological polar surface area (TPSA) is 55.6 Å². The Morgan fingerprint density at radius 2 is 2.32 bits per heavy atom. The summed E-state index contributed by atoms with van der Waals surface area (Å²) in [4.78, 5) is 14.4. The molecule has 1 fully saturated rings. The van der Waals surface area contributed by atoms with Crippen LogP contribution in [0.15, 0.2) is 22.7 Å². The summed E-state index contributed by atoms with van der Waals surface area (Å²) in [6.07, 6.45) is -0.0821. The van der Waals surface area contributed by atoms with Crippen molar-refractivity contribution >= 4 is 21.8 Å². The lowest BCUT2D eigenvalue weighted by molar-refractivity contribution is -0.0300. The van der Waals surface area contributed by atoms with Crippen LogP contribution in [0.4, 0.5) is 0 Å². The molecule has 0 saturated carbocycles. The first kappa shape index (κ1) is 14.5. The lowest BCUT2D eigenvalue weighted by Gasteiger charge is -2.35. The maximum atomic E-state index is 12.5. The van der Waals surface area contributed by atoms with Crippen LogP contribution in [-0.2, 0) is 4.74 Å². The smallest absolute Gasteiger partial charge is 0.255 e. The average molecular weight is 327 g/mol. The zero-order valence-electron chi connectivity index (χ0n) is 11.2. The molecule has 1 amide bonds. The molecule has 19 heavy (non-hydrogen) atoms. The quantitative estimate of drug-likeness (QED) is 0.903. The Morgan fingerprint density at radius 3 is 3.00 bits per heavy atom. The normalized spacial score (nSPS) is 21.3. The summed E-state index contributed by atoms with van der Waals surface area (Å²) in [6.45, 7) is 5.59. The van der Waals surface area contributed by atoms with Crippen molar-refractivity contribution in [2.45, 2.75) is 26.0 Å². The highest BCUT2D eigenvalue weighted by Crippen LogP contribution is 2.21. The summed E-state index contributed by atoms with van der Waals surface area (Å²) in [5.41, 5.74) is 7.62. The molecule has 104 valence electrons. The van der Waals surface area contributed by atoms with Gasteiger partial charge in [-0.1, -0.05) is 11.6 Å². The second kappa shape index (κ2) is 6.03. The predicted molar refractivity (Wildman–Crippen MR) is 78.2 cm³/mol. The Bertz CT molecular complexity index is 477. The SMILES string of the molecule is Cc1ccc(Br)c(C(=O)N2CCOC(C(C)N)C2)c1. The third kappa shape index (κ3) is 3.35. The number of hydrogen-bond acceptors (Lipinski definition) is 3. The second-order valence-electron chi connectivity index (χ2n) is 5.00. The summed E-state index contributed by atoms with van der Waals surface area (Å²) in [6, 6.07) is 5.72. The fourth-order valence-corrected chi connectivity index (χ4v) is 2.57. The van der Waals surface area contributed by atoms with Gasteiger partial charge in [-0.25, -0.2) is 0 Å². The van der Waals surface area contributed by atoms with Crippen LogP contribution in [0.25, 0.3) is 0 Å². The Morgan fingerprint density at radius 1 is 1.58 bits per heavy atom. The number of nitrogens with zero attached hydrogens (tertiary/aromatic N) is 1. The molecule has 2 rings (SSSR count). The molecule has 2 unspecified atom stereocenters. The Labute approximate surface area is 122 Å². The number of carbonyl (C=O) groups excluding carboxylic acids is 1. The Kier molecular flexibility index (Phi) is 4.60. The number of nitrogens with two attached hydrogens (primary N) is 1. The van der Waals surface area contributed by atoms with Crippen molar-refractivity contribution in [1.82, 2.24) is 4.90 Å². The molecule has 5 heteroatoms. The number of amides is 1. The van der Waals surface area contributed by atoms with Gasteiger partial charge in [-0.3, -0.25) is 4.79 Å². The van der Waals surface area contributed by atoms with E-state index in [1.54, 1.807) is 0 Å². The van der Waals surface area contributed by atoms with Crippen LogP contribution in [0.2, 0.25) is 0 Å². The van der Waals surface area contributed by atoms with Gasteiger partial charge in [-0.2, -0.15) is 0 Å². The van der Waals surface area contributed by atoms with Crippen molar-refractivity contribution in [3.8, 4) is 0 Å². The number of benzene rings is 1. The van der Waals surface area contributed by atoms with E-state index in [-0.39, 0.29) is 18.1 Å².